The van der Waals surface area contributed by atoms with Gasteiger partial charge in [0.25, 0.3) is 0 Å². The van der Waals surface area contributed by atoms with Gasteiger partial charge in [-0.3, -0.25) is 9.69 Å². The van der Waals surface area contributed by atoms with Crippen LogP contribution in [0.5, 0.6) is 0 Å². The lowest BCUT2D eigenvalue weighted by Crippen LogP contribution is -2.37. The van der Waals surface area contributed by atoms with Crippen LogP contribution >= 0.6 is 0 Å². The van der Waals surface area contributed by atoms with Crippen molar-refractivity contribution in [1.82, 2.24) is 24.8 Å². The Labute approximate surface area is 177 Å². The van der Waals surface area contributed by atoms with Crippen LogP contribution in [-0.2, 0) is 22.6 Å². The predicted molar refractivity (Wildman–Crippen MR) is 111 cm³/mol. The first-order valence-corrected chi connectivity index (χ1v) is 10.6. The van der Waals surface area contributed by atoms with Gasteiger partial charge >= 0.3 is 0 Å². The van der Waals surface area contributed by atoms with E-state index in [0.29, 0.717) is 24.9 Å². The predicted octanol–water partition coefficient (Wildman–Crippen LogP) is 1.33. The van der Waals surface area contributed by atoms with Crippen LogP contribution in [0.25, 0.3) is 0 Å². The lowest BCUT2D eigenvalue weighted by Gasteiger charge is -2.36. The Morgan fingerprint density at radius 3 is 2.63 bits per heavy atom. The molecule has 0 radical (unpaired) electrons. The molecule has 1 saturated heterocycles. The largest absolute Gasteiger partial charge is 0.387 e. The fourth-order valence-electron chi connectivity index (χ4n) is 5.00. The minimum absolute atomic E-state index is 0.0482. The van der Waals surface area contributed by atoms with Crippen LogP contribution in [0, 0.1) is 11.8 Å². The summed E-state index contributed by atoms with van der Waals surface area (Å²) in [7, 11) is 3.83. The van der Waals surface area contributed by atoms with Crippen molar-refractivity contribution in [1.29, 1.82) is 0 Å². The van der Waals surface area contributed by atoms with Gasteiger partial charge in [-0.25, -0.2) is 4.68 Å². The van der Waals surface area contributed by atoms with Gasteiger partial charge in [-0.1, -0.05) is 35.5 Å². The van der Waals surface area contributed by atoms with Gasteiger partial charge in [0.15, 0.2) is 0 Å². The van der Waals surface area contributed by atoms with E-state index in [2.05, 4.69) is 46.5 Å². The smallest absolute Gasteiger partial charge is 0.248 e. The van der Waals surface area contributed by atoms with Crippen molar-refractivity contribution >= 4 is 5.91 Å². The van der Waals surface area contributed by atoms with Crippen LogP contribution in [0.3, 0.4) is 0 Å². The van der Waals surface area contributed by atoms with E-state index in [1.807, 2.05) is 16.9 Å². The summed E-state index contributed by atoms with van der Waals surface area (Å²) in [6, 6.07) is 10.5. The first-order chi connectivity index (χ1) is 14.6. The molecule has 4 atom stereocenters. The molecule has 1 aromatic carbocycles. The zero-order valence-corrected chi connectivity index (χ0v) is 17.7. The Bertz CT molecular complexity index is 842. The molecule has 30 heavy (non-hydrogen) atoms. The van der Waals surface area contributed by atoms with E-state index in [-0.39, 0.29) is 18.1 Å². The number of fused-ring (bicyclic) bond motifs is 1. The third-order valence-electron chi connectivity index (χ3n) is 6.50. The number of amides is 1. The number of aliphatic hydroxyl groups excluding tert-OH is 1. The van der Waals surface area contributed by atoms with Crippen molar-refractivity contribution in [3.63, 3.8) is 0 Å². The molecule has 1 saturated carbocycles. The van der Waals surface area contributed by atoms with Gasteiger partial charge in [0.1, 0.15) is 6.61 Å². The Balaban J connectivity index is 1.40. The molecule has 0 bridgehead atoms. The number of likely N-dealkylation sites (tertiary alicyclic amines) is 1. The first-order valence-electron chi connectivity index (χ1n) is 10.6. The number of carbonyl (C=O) groups excluding carboxylic acids is 1. The van der Waals surface area contributed by atoms with Crippen LogP contribution in [0.1, 0.15) is 30.1 Å². The number of methoxy groups -OCH3 is 1. The van der Waals surface area contributed by atoms with E-state index < -0.39 is 6.61 Å². The quantitative estimate of drug-likeness (QED) is 0.737. The average Bonchev–Trinajstić information content (AvgIpc) is 3.39. The Morgan fingerprint density at radius 1 is 1.20 bits per heavy atom. The molecular formula is C22H31N5O3. The van der Waals surface area contributed by atoms with Crippen LogP contribution in [-0.4, -0.2) is 75.8 Å². The molecule has 2 fully saturated rings. The van der Waals surface area contributed by atoms with Crippen molar-refractivity contribution in [3.8, 4) is 0 Å². The number of carbonyl (C=O) groups is 1. The molecule has 1 N–H and O–H groups in total. The summed E-state index contributed by atoms with van der Waals surface area (Å²) in [4.78, 5) is 15.9. The van der Waals surface area contributed by atoms with E-state index >= 15 is 0 Å². The number of benzene rings is 1. The Morgan fingerprint density at radius 2 is 1.93 bits per heavy atom. The normalized spacial score (nSPS) is 26.2. The fourth-order valence-corrected chi connectivity index (χ4v) is 5.00. The van der Waals surface area contributed by atoms with Crippen LogP contribution < -0.4 is 0 Å². The van der Waals surface area contributed by atoms with Gasteiger partial charge in [-0.2, -0.15) is 0 Å². The van der Waals surface area contributed by atoms with Crippen molar-refractivity contribution < 1.29 is 14.6 Å². The molecule has 2 aliphatic rings. The van der Waals surface area contributed by atoms with E-state index in [4.69, 9.17) is 4.74 Å². The fraction of sp³-hybridized carbons (Fsp3) is 0.591. The highest BCUT2D eigenvalue weighted by Crippen LogP contribution is 2.42. The molecule has 1 aliphatic carbocycles. The van der Waals surface area contributed by atoms with Crippen LogP contribution in [0.4, 0.5) is 0 Å². The molecular weight excluding hydrogens is 382 g/mol. The number of hydrogen-bond acceptors (Lipinski definition) is 6. The van der Waals surface area contributed by atoms with Crippen LogP contribution in [0.2, 0.25) is 0 Å². The SMILES string of the molecule is CO[C@@H]1C[C@H]2CN(C(=O)CO)C[C@H]2C[C@H]1n1cc(CN(C)Cc2ccccc2)nn1. The molecule has 1 aliphatic heterocycles. The second-order valence-electron chi connectivity index (χ2n) is 8.64. The minimum Gasteiger partial charge on any atom is -0.387 e. The maximum absolute atomic E-state index is 11.9. The highest BCUT2D eigenvalue weighted by atomic mass is 16.5. The second kappa shape index (κ2) is 9.24. The molecule has 8 heteroatoms. The monoisotopic (exact) mass is 413 g/mol. The van der Waals surface area contributed by atoms with Gasteiger partial charge in [0.2, 0.25) is 5.91 Å². The van der Waals surface area contributed by atoms with Crippen LogP contribution in [0.15, 0.2) is 36.5 Å². The number of ether oxygens (including phenoxy) is 1. The summed E-state index contributed by atoms with van der Waals surface area (Å²) >= 11 is 0. The van der Waals surface area contributed by atoms with Gasteiger partial charge in [0, 0.05) is 33.3 Å². The average molecular weight is 414 g/mol. The molecule has 1 amide bonds. The maximum atomic E-state index is 11.9. The Kier molecular flexibility index (Phi) is 6.46. The molecule has 4 rings (SSSR count). The zero-order valence-electron chi connectivity index (χ0n) is 17.7. The number of aliphatic hydroxyl groups is 1. The summed E-state index contributed by atoms with van der Waals surface area (Å²) in [5.74, 6) is 0.645. The third kappa shape index (κ3) is 4.55. The van der Waals surface area contributed by atoms with E-state index in [9.17, 15) is 9.90 Å². The minimum atomic E-state index is -0.417. The lowest BCUT2D eigenvalue weighted by molar-refractivity contribution is -0.133. The number of nitrogens with zero attached hydrogens (tertiary/aromatic N) is 5. The summed E-state index contributed by atoms with van der Waals surface area (Å²) in [6.45, 7) is 2.59. The van der Waals surface area contributed by atoms with Crippen molar-refractivity contribution in [3.05, 3.63) is 47.8 Å². The van der Waals surface area contributed by atoms with Crippen molar-refractivity contribution in [2.24, 2.45) is 11.8 Å². The van der Waals surface area contributed by atoms with Gasteiger partial charge in [-0.15, -0.1) is 5.10 Å². The number of hydrogen-bond donors (Lipinski definition) is 1. The van der Waals surface area contributed by atoms with Gasteiger partial charge < -0.3 is 14.7 Å². The van der Waals surface area contributed by atoms with Crippen molar-refractivity contribution in [2.45, 2.75) is 38.1 Å². The third-order valence-corrected chi connectivity index (χ3v) is 6.50. The summed E-state index contributed by atoms with van der Waals surface area (Å²) in [6.07, 6.45) is 3.88. The maximum Gasteiger partial charge on any atom is 0.248 e. The molecule has 0 spiro atoms. The second-order valence-corrected chi connectivity index (χ2v) is 8.64. The summed E-state index contributed by atoms with van der Waals surface area (Å²) in [5, 5.41) is 18.0. The molecule has 2 heterocycles. The molecule has 1 aromatic heterocycles. The molecule has 162 valence electrons. The van der Waals surface area contributed by atoms with Crippen molar-refractivity contribution in [2.75, 3.05) is 33.9 Å². The Hall–Kier alpha value is -2.29. The molecule has 0 unspecified atom stereocenters. The molecule has 2 aromatic rings. The van der Waals surface area contributed by atoms with Gasteiger partial charge in [0.05, 0.1) is 24.0 Å². The number of rotatable bonds is 7. The van der Waals surface area contributed by atoms with Gasteiger partial charge in [-0.05, 0) is 37.3 Å². The highest BCUT2D eigenvalue weighted by Gasteiger charge is 2.44. The number of aromatic nitrogens is 3. The van der Waals surface area contributed by atoms with E-state index in [1.165, 1.54) is 5.56 Å². The highest BCUT2D eigenvalue weighted by molar-refractivity contribution is 5.77. The standard InChI is InChI=1S/C22H31N5O3/c1-25(10-16-6-4-3-5-7-16)13-19-14-27(24-23-19)20-8-17-11-26(22(29)15-28)12-18(17)9-21(20)30-2/h3-7,14,17-18,20-21,28H,8-13,15H2,1-2H3/t17-,18+,20-,21-/m1/s1. The van der Waals surface area contributed by atoms with E-state index in [1.54, 1.807) is 12.0 Å². The zero-order chi connectivity index (χ0) is 21.1. The summed E-state index contributed by atoms with van der Waals surface area (Å²) in [5.41, 5.74) is 2.21. The first kappa shape index (κ1) is 21.0. The summed E-state index contributed by atoms with van der Waals surface area (Å²) < 4.78 is 7.76. The lowest BCUT2D eigenvalue weighted by atomic mass is 9.77. The topological polar surface area (TPSA) is 83.7 Å². The molecule has 8 nitrogen and oxygen atoms in total. The van der Waals surface area contributed by atoms with E-state index in [0.717, 1.165) is 31.6 Å².